The lowest BCUT2D eigenvalue weighted by molar-refractivity contribution is 0.629. The highest BCUT2D eigenvalue weighted by atomic mass is 32.2. The van der Waals surface area contributed by atoms with Crippen LogP contribution < -0.4 is 5.32 Å². The third kappa shape index (κ3) is 5.91. The molecule has 0 aliphatic rings. The van der Waals surface area contributed by atoms with E-state index in [1.807, 2.05) is 87.5 Å². The van der Waals surface area contributed by atoms with Gasteiger partial charge >= 0.3 is 0 Å². The minimum atomic E-state index is -1.10. The Balaban J connectivity index is 2.03. The van der Waals surface area contributed by atoms with Crippen molar-refractivity contribution >= 4 is 22.6 Å². The van der Waals surface area contributed by atoms with Crippen LogP contribution in [0.1, 0.15) is 37.1 Å². The van der Waals surface area contributed by atoms with E-state index in [1.165, 1.54) is 0 Å². The van der Waals surface area contributed by atoms with Gasteiger partial charge in [-0.1, -0.05) is 91.0 Å². The standard InChI is InChI=1S/C26H29NOS/c1-26(2,3)29(28)25(22-15-9-5-10-16-22)24(27-23-17-11-6-12-18-23)20-19-21-13-7-4-8-14-21/h4-20,24-25,27H,1-3H3/b20-19+/t24-,25-,29?/m0/s1. The average Bonchev–Trinajstić information content (AvgIpc) is 2.73. The first-order chi connectivity index (χ1) is 13.9. The van der Waals surface area contributed by atoms with Crippen LogP contribution in [0.3, 0.4) is 0 Å². The van der Waals surface area contributed by atoms with E-state index in [-0.39, 0.29) is 16.0 Å². The third-order valence-corrected chi connectivity index (χ3v) is 6.92. The van der Waals surface area contributed by atoms with E-state index in [0.717, 1.165) is 16.8 Å². The molecule has 29 heavy (non-hydrogen) atoms. The van der Waals surface area contributed by atoms with Gasteiger partial charge in [-0.3, -0.25) is 4.21 Å². The van der Waals surface area contributed by atoms with Crippen LogP contribution in [0.2, 0.25) is 0 Å². The van der Waals surface area contributed by atoms with Crippen LogP contribution in [-0.2, 0) is 10.8 Å². The van der Waals surface area contributed by atoms with Crippen LogP contribution in [0.5, 0.6) is 0 Å². The van der Waals surface area contributed by atoms with Crippen LogP contribution >= 0.6 is 0 Å². The summed E-state index contributed by atoms with van der Waals surface area (Å²) in [6.07, 6.45) is 4.25. The summed E-state index contributed by atoms with van der Waals surface area (Å²) >= 11 is 0. The average molecular weight is 404 g/mol. The largest absolute Gasteiger partial charge is 0.377 e. The normalized spacial score (nSPS) is 15.0. The molecule has 150 valence electrons. The molecule has 0 spiro atoms. The number of benzene rings is 3. The predicted molar refractivity (Wildman–Crippen MR) is 126 cm³/mol. The Morgan fingerprint density at radius 2 is 1.31 bits per heavy atom. The fourth-order valence-corrected chi connectivity index (χ4v) is 4.81. The maximum atomic E-state index is 13.6. The third-order valence-electron chi connectivity index (χ3n) is 4.69. The smallest absolute Gasteiger partial charge is 0.0839 e. The van der Waals surface area contributed by atoms with Gasteiger partial charge < -0.3 is 5.32 Å². The molecule has 0 amide bonds. The second-order valence-corrected chi connectivity index (χ2v) is 10.4. The van der Waals surface area contributed by atoms with Gasteiger partial charge in [0, 0.05) is 21.2 Å². The van der Waals surface area contributed by atoms with E-state index in [0.29, 0.717) is 0 Å². The highest BCUT2D eigenvalue weighted by Crippen LogP contribution is 2.33. The second kappa shape index (κ2) is 9.71. The molecule has 1 unspecified atom stereocenters. The molecule has 0 heterocycles. The molecule has 0 aliphatic carbocycles. The molecule has 0 aromatic heterocycles. The zero-order chi connectivity index (χ0) is 20.7. The van der Waals surface area contributed by atoms with E-state index < -0.39 is 10.8 Å². The predicted octanol–water partition coefficient (Wildman–Crippen LogP) is 6.47. The van der Waals surface area contributed by atoms with Gasteiger partial charge in [0.25, 0.3) is 0 Å². The summed E-state index contributed by atoms with van der Waals surface area (Å²) in [5, 5.41) is 3.44. The quantitative estimate of drug-likeness (QED) is 0.490. The number of hydrogen-bond acceptors (Lipinski definition) is 2. The van der Waals surface area contributed by atoms with Gasteiger partial charge in [-0.2, -0.15) is 0 Å². The van der Waals surface area contributed by atoms with Gasteiger partial charge in [-0.25, -0.2) is 0 Å². The first kappa shape index (κ1) is 21.1. The lowest BCUT2D eigenvalue weighted by atomic mass is 10.0. The van der Waals surface area contributed by atoms with Crippen molar-refractivity contribution in [2.45, 2.75) is 36.8 Å². The van der Waals surface area contributed by atoms with Crippen LogP contribution in [0.4, 0.5) is 5.69 Å². The minimum absolute atomic E-state index is 0.125. The summed E-state index contributed by atoms with van der Waals surface area (Å²) in [5.41, 5.74) is 3.22. The molecule has 0 aliphatic heterocycles. The highest BCUT2D eigenvalue weighted by molar-refractivity contribution is 7.86. The molecule has 0 saturated carbocycles. The van der Waals surface area contributed by atoms with Crippen molar-refractivity contribution in [2.24, 2.45) is 0 Å². The van der Waals surface area contributed by atoms with Gasteiger partial charge in [-0.15, -0.1) is 0 Å². The molecule has 3 aromatic carbocycles. The fourth-order valence-electron chi connectivity index (χ4n) is 3.22. The number of para-hydroxylation sites is 1. The number of hydrogen-bond donors (Lipinski definition) is 1. The molecule has 1 N–H and O–H groups in total. The van der Waals surface area contributed by atoms with Crippen molar-refractivity contribution < 1.29 is 4.21 Å². The van der Waals surface area contributed by atoms with E-state index >= 15 is 0 Å². The minimum Gasteiger partial charge on any atom is -0.377 e. The van der Waals surface area contributed by atoms with Gasteiger partial charge in [0.1, 0.15) is 0 Å². The lowest BCUT2D eigenvalue weighted by Gasteiger charge is -2.32. The maximum Gasteiger partial charge on any atom is 0.0839 e. The van der Waals surface area contributed by atoms with Crippen molar-refractivity contribution in [1.82, 2.24) is 0 Å². The molecule has 0 fully saturated rings. The Bertz CT molecular complexity index is 931. The second-order valence-electron chi connectivity index (χ2n) is 8.05. The Labute approximate surface area is 177 Å². The van der Waals surface area contributed by atoms with Gasteiger partial charge in [0.2, 0.25) is 0 Å². The van der Waals surface area contributed by atoms with Crippen LogP contribution in [0.25, 0.3) is 6.08 Å². The number of nitrogens with one attached hydrogen (secondary N) is 1. The monoisotopic (exact) mass is 403 g/mol. The molecule has 2 nitrogen and oxygen atoms in total. The molecule has 0 saturated heterocycles. The summed E-state index contributed by atoms with van der Waals surface area (Å²) < 4.78 is 13.3. The van der Waals surface area contributed by atoms with Crippen LogP contribution in [0.15, 0.2) is 97.1 Å². The maximum absolute atomic E-state index is 13.6. The first-order valence-electron chi connectivity index (χ1n) is 9.95. The van der Waals surface area contributed by atoms with Crippen molar-refractivity contribution in [3.63, 3.8) is 0 Å². The highest BCUT2D eigenvalue weighted by Gasteiger charge is 2.34. The van der Waals surface area contributed by atoms with Gasteiger partial charge in [0.15, 0.2) is 0 Å². The Morgan fingerprint density at radius 1 is 0.793 bits per heavy atom. The summed E-state index contributed by atoms with van der Waals surface area (Å²) in [4.78, 5) is 0. The molecule has 3 atom stereocenters. The molecule has 0 bridgehead atoms. The summed E-state index contributed by atoms with van der Waals surface area (Å²) in [5.74, 6) is 0. The molecule has 3 aromatic rings. The Morgan fingerprint density at radius 3 is 1.86 bits per heavy atom. The number of rotatable bonds is 7. The molecular weight excluding hydrogens is 374 g/mol. The topological polar surface area (TPSA) is 29.1 Å². The van der Waals surface area contributed by atoms with E-state index in [4.69, 9.17) is 0 Å². The van der Waals surface area contributed by atoms with Gasteiger partial charge in [0.05, 0.1) is 11.3 Å². The summed E-state index contributed by atoms with van der Waals surface area (Å²) in [6, 6.07) is 30.4. The van der Waals surface area contributed by atoms with E-state index in [2.05, 4.69) is 41.7 Å². The van der Waals surface area contributed by atoms with E-state index in [1.54, 1.807) is 0 Å². The van der Waals surface area contributed by atoms with Crippen molar-refractivity contribution in [1.29, 1.82) is 0 Å². The fraction of sp³-hybridized carbons (Fsp3) is 0.231. The molecule has 0 radical (unpaired) electrons. The zero-order valence-electron chi connectivity index (χ0n) is 17.3. The van der Waals surface area contributed by atoms with Crippen molar-refractivity contribution in [3.05, 3.63) is 108 Å². The number of anilines is 1. The zero-order valence-corrected chi connectivity index (χ0v) is 18.1. The van der Waals surface area contributed by atoms with Crippen molar-refractivity contribution in [2.75, 3.05) is 5.32 Å². The lowest BCUT2D eigenvalue weighted by Crippen LogP contribution is -2.36. The van der Waals surface area contributed by atoms with Crippen LogP contribution in [-0.4, -0.2) is 15.0 Å². The van der Waals surface area contributed by atoms with Crippen LogP contribution in [0, 0.1) is 0 Å². The molecule has 3 heteroatoms. The molecular formula is C26H29NOS. The van der Waals surface area contributed by atoms with E-state index in [9.17, 15) is 4.21 Å². The Hall–Kier alpha value is -2.65. The summed E-state index contributed by atoms with van der Waals surface area (Å²) in [6.45, 7) is 6.12. The van der Waals surface area contributed by atoms with Gasteiger partial charge in [-0.05, 0) is 44.0 Å². The SMILES string of the molecule is CC(C)(C)S(=O)[C@@H](c1ccccc1)[C@H](/C=C/c1ccccc1)Nc1ccccc1. The molecule has 3 rings (SSSR count). The van der Waals surface area contributed by atoms with Crippen molar-refractivity contribution in [3.8, 4) is 0 Å². The summed E-state index contributed by atoms with van der Waals surface area (Å²) in [7, 11) is -1.10. The Kier molecular flexibility index (Phi) is 7.05. The first-order valence-corrected chi connectivity index (χ1v) is 11.2.